The van der Waals surface area contributed by atoms with E-state index < -0.39 is 5.82 Å². The number of halogens is 2. The van der Waals surface area contributed by atoms with E-state index in [4.69, 9.17) is 9.15 Å². The zero-order valence-corrected chi connectivity index (χ0v) is 10.2. The monoisotopic (exact) mass is 286 g/mol. The molecule has 0 aliphatic carbocycles. The Morgan fingerprint density at radius 2 is 2.12 bits per heavy atom. The van der Waals surface area contributed by atoms with E-state index in [-0.39, 0.29) is 11.5 Å². The molecule has 16 heavy (non-hydrogen) atoms. The Balaban J connectivity index is 2.56. The Labute approximate surface area is 99.6 Å². The first-order valence-electron chi connectivity index (χ1n) is 4.45. The second-order valence-corrected chi connectivity index (χ2v) is 3.95. The van der Waals surface area contributed by atoms with Crippen molar-refractivity contribution in [1.29, 1.82) is 0 Å². The normalized spacial score (nSPS) is 10.5. The third-order valence-electron chi connectivity index (χ3n) is 2.00. The lowest BCUT2D eigenvalue weighted by molar-refractivity contribution is 0.410. The summed E-state index contributed by atoms with van der Waals surface area (Å²) in [6, 6.07) is 2.81. The van der Waals surface area contributed by atoms with Gasteiger partial charge < -0.3 is 9.15 Å². The van der Waals surface area contributed by atoms with Crippen molar-refractivity contribution in [3.05, 3.63) is 28.3 Å². The molecule has 0 fully saturated rings. The summed E-state index contributed by atoms with van der Waals surface area (Å²) in [6.07, 6.45) is 0. The van der Waals surface area contributed by atoms with Crippen LogP contribution in [0.1, 0.15) is 5.89 Å². The molecule has 1 aromatic heterocycles. The van der Waals surface area contributed by atoms with Crippen molar-refractivity contribution in [2.45, 2.75) is 6.92 Å². The molecule has 0 amide bonds. The van der Waals surface area contributed by atoms with Crippen molar-refractivity contribution in [3.8, 4) is 17.2 Å². The number of aromatic nitrogens is 2. The molecule has 1 aromatic carbocycles. The molecule has 0 atom stereocenters. The first-order valence-corrected chi connectivity index (χ1v) is 5.24. The van der Waals surface area contributed by atoms with Crippen molar-refractivity contribution >= 4 is 15.9 Å². The Morgan fingerprint density at radius 3 is 2.69 bits per heavy atom. The molecule has 0 bridgehead atoms. The molecule has 0 saturated heterocycles. The van der Waals surface area contributed by atoms with Crippen LogP contribution in [0.15, 0.2) is 21.0 Å². The highest BCUT2D eigenvalue weighted by Gasteiger charge is 2.15. The minimum absolute atomic E-state index is 0.140. The summed E-state index contributed by atoms with van der Waals surface area (Å²) < 4.78 is 24.4. The van der Waals surface area contributed by atoms with Crippen LogP contribution in [-0.4, -0.2) is 17.3 Å². The molecular formula is C10H8BrFN2O2. The minimum Gasteiger partial charge on any atom is -0.496 e. The predicted octanol–water partition coefficient (Wildman–Crippen LogP) is 2.96. The highest BCUT2D eigenvalue weighted by atomic mass is 79.9. The number of nitrogens with zero attached hydrogens (tertiary/aromatic N) is 2. The van der Waals surface area contributed by atoms with Gasteiger partial charge in [-0.2, -0.15) is 0 Å². The lowest BCUT2D eigenvalue weighted by Gasteiger charge is -2.05. The standard InChI is InChI=1S/C10H8BrFN2O2/c1-5-13-14-10(16-5)6-3-9(15-2)7(11)4-8(6)12/h3-4H,1-2H3. The summed E-state index contributed by atoms with van der Waals surface area (Å²) in [7, 11) is 1.50. The van der Waals surface area contributed by atoms with Gasteiger partial charge in [-0.1, -0.05) is 0 Å². The largest absolute Gasteiger partial charge is 0.496 e. The van der Waals surface area contributed by atoms with Crippen LogP contribution in [-0.2, 0) is 0 Å². The van der Waals surface area contributed by atoms with E-state index in [1.165, 1.54) is 19.2 Å². The number of methoxy groups -OCH3 is 1. The molecule has 2 aromatic rings. The van der Waals surface area contributed by atoms with Crippen LogP contribution in [0.3, 0.4) is 0 Å². The lowest BCUT2D eigenvalue weighted by Crippen LogP contribution is -1.90. The molecule has 0 N–H and O–H groups in total. The van der Waals surface area contributed by atoms with E-state index >= 15 is 0 Å². The van der Waals surface area contributed by atoms with Crippen molar-refractivity contribution in [2.75, 3.05) is 7.11 Å². The van der Waals surface area contributed by atoms with Crippen molar-refractivity contribution in [3.63, 3.8) is 0 Å². The van der Waals surface area contributed by atoms with Gasteiger partial charge in [-0.05, 0) is 28.1 Å². The van der Waals surface area contributed by atoms with Crippen LogP contribution >= 0.6 is 15.9 Å². The average molecular weight is 287 g/mol. The minimum atomic E-state index is -0.448. The fourth-order valence-corrected chi connectivity index (χ4v) is 1.73. The summed E-state index contributed by atoms with van der Waals surface area (Å²) in [5.74, 6) is 0.584. The molecule has 4 nitrogen and oxygen atoms in total. The summed E-state index contributed by atoms with van der Waals surface area (Å²) in [5, 5.41) is 7.40. The number of rotatable bonds is 2. The maximum absolute atomic E-state index is 13.6. The van der Waals surface area contributed by atoms with Gasteiger partial charge in [-0.15, -0.1) is 10.2 Å². The number of hydrogen-bond acceptors (Lipinski definition) is 4. The van der Waals surface area contributed by atoms with E-state index in [2.05, 4.69) is 26.1 Å². The molecule has 1 heterocycles. The van der Waals surface area contributed by atoms with Gasteiger partial charge in [0.2, 0.25) is 5.89 Å². The Morgan fingerprint density at radius 1 is 1.38 bits per heavy atom. The Bertz CT molecular complexity index is 528. The number of aryl methyl sites for hydroxylation is 1. The number of ether oxygens (including phenoxy) is 1. The summed E-state index contributed by atoms with van der Waals surface area (Å²) in [4.78, 5) is 0. The van der Waals surface area contributed by atoms with Crippen molar-refractivity contribution in [2.24, 2.45) is 0 Å². The third-order valence-corrected chi connectivity index (χ3v) is 2.62. The third kappa shape index (κ3) is 1.92. The molecule has 84 valence electrons. The molecule has 2 rings (SSSR count). The zero-order valence-electron chi connectivity index (χ0n) is 8.62. The van der Waals surface area contributed by atoms with Crippen molar-refractivity contribution in [1.82, 2.24) is 10.2 Å². The van der Waals surface area contributed by atoms with Crippen LogP contribution in [0.4, 0.5) is 4.39 Å². The van der Waals surface area contributed by atoms with E-state index in [0.29, 0.717) is 16.1 Å². The predicted molar refractivity (Wildman–Crippen MR) is 58.7 cm³/mol. The summed E-state index contributed by atoms with van der Waals surface area (Å²) in [5.41, 5.74) is 0.223. The van der Waals surface area contributed by atoms with Gasteiger partial charge in [0.1, 0.15) is 11.6 Å². The smallest absolute Gasteiger partial charge is 0.250 e. The van der Waals surface area contributed by atoms with Crippen molar-refractivity contribution < 1.29 is 13.5 Å². The SMILES string of the molecule is COc1cc(-c2nnc(C)o2)c(F)cc1Br. The van der Waals surface area contributed by atoms with E-state index in [1.54, 1.807) is 6.92 Å². The van der Waals surface area contributed by atoms with E-state index in [0.717, 1.165) is 0 Å². The zero-order chi connectivity index (χ0) is 11.7. The fourth-order valence-electron chi connectivity index (χ4n) is 1.25. The lowest BCUT2D eigenvalue weighted by atomic mass is 10.2. The fraction of sp³-hybridized carbons (Fsp3) is 0.200. The molecule has 0 spiro atoms. The van der Waals surface area contributed by atoms with Crippen LogP contribution < -0.4 is 4.74 Å². The molecule has 0 unspecified atom stereocenters. The highest BCUT2D eigenvalue weighted by Crippen LogP contribution is 2.32. The average Bonchev–Trinajstić information content (AvgIpc) is 2.65. The van der Waals surface area contributed by atoms with Gasteiger partial charge in [0.05, 0.1) is 17.1 Å². The molecule has 0 aliphatic rings. The van der Waals surface area contributed by atoms with Crippen LogP contribution in [0.2, 0.25) is 0 Å². The molecular weight excluding hydrogens is 279 g/mol. The van der Waals surface area contributed by atoms with Crippen LogP contribution in [0.25, 0.3) is 11.5 Å². The first-order chi connectivity index (χ1) is 7.61. The molecule has 6 heteroatoms. The van der Waals surface area contributed by atoms with Gasteiger partial charge in [0, 0.05) is 6.92 Å². The highest BCUT2D eigenvalue weighted by molar-refractivity contribution is 9.10. The topological polar surface area (TPSA) is 48.2 Å². The molecule has 0 radical (unpaired) electrons. The first kappa shape index (κ1) is 11.1. The van der Waals surface area contributed by atoms with E-state index in [1.807, 2.05) is 0 Å². The number of hydrogen-bond donors (Lipinski definition) is 0. The maximum Gasteiger partial charge on any atom is 0.250 e. The van der Waals surface area contributed by atoms with Gasteiger partial charge in [0.15, 0.2) is 0 Å². The summed E-state index contributed by atoms with van der Waals surface area (Å²) in [6.45, 7) is 1.64. The Hall–Kier alpha value is -1.43. The van der Waals surface area contributed by atoms with Gasteiger partial charge in [-0.3, -0.25) is 0 Å². The maximum atomic E-state index is 13.6. The van der Waals surface area contributed by atoms with Crippen LogP contribution in [0, 0.1) is 12.7 Å². The van der Waals surface area contributed by atoms with Gasteiger partial charge in [0.25, 0.3) is 5.89 Å². The molecule has 0 aliphatic heterocycles. The second-order valence-electron chi connectivity index (χ2n) is 3.09. The van der Waals surface area contributed by atoms with Gasteiger partial charge in [-0.25, -0.2) is 4.39 Å². The molecule has 0 saturated carbocycles. The Kier molecular flexibility index (Phi) is 2.91. The number of benzene rings is 1. The second kappa shape index (κ2) is 4.21. The quantitative estimate of drug-likeness (QED) is 0.852. The van der Waals surface area contributed by atoms with Crippen LogP contribution in [0.5, 0.6) is 5.75 Å². The van der Waals surface area contributed by atoms with Gasteiger partial charge >= 0.3 is 0 Å². The van der Waals surface area contributed by atoms with E-state index in [9.17, 15) is 4.39 Å². The summed E-state index contributed by atoms with van der Waals surface area (Å²) >= 11 is 3.19.